The summed E-state index contributed by atoms with van der Waals surface area (Å²) in [5.41, 5.74) is 1.57. The Kier molecular flexibility index (Phi) is 6.56. The molecule has 28 heavy (non-hydrogen) atoms. The molecule has 9 heteroatoms. The first-order valence-corrected chi connectivity index (χ1v) is 10.7. The van der Waals surface area contributed by atoms with Crippen molar-refractivity contribution in [1.82, 2.24) is 9.62 Å². The van der Waals surface area contributed by atoms with E-state index in [-0.39, 0.29) is 34.7 Å². The molecule has 0 atom stereocenters. The minimum absolute atomic E-state index is 0.0262. The summed E-state index contributed by atoms with van der Waals surface area (Å²) in [6.45, 7) is 1.67. The molecule has 2 aromatic rings. The second-order valence-electron chi connectivity index (χ2n) is 6.59. The van der Waals surface area contributed by atoms with E-state index in [1.54, 1.807) is 0 Å². The van der Waals surface area contributed by atoms with E-state index in [1.807, 2.05) is 25.2 Å². The topological polar surface area (TPSA) is 87.7 Å². The number of anilines is 1. The van der Waals surface area contributed by atoms with Crippen molar-refractivity contribution < 1.29 is 17.9 Å². The summed E-state index contributed by atoms with van der Waals surface area (Å²) >= 11 is 6.11. The Morgan fingerprint density at radius 2 is 2.00 bits per heavy atom. The Morgan fingerprint density at radius 3 is 2.75 bits per heavy atom. The fourth-order valence-corrected chi connectivity index (χ4v) is 4.51. The van der Waals surface area contributed by atoms with Crippen molar-refractivity contribution in [3.63, 3.8) is 0 Å². The number of halogens is 1. The number of nitrogens with one attached hydrogen (secondary N) is 2. The van der Waals surface area contributed by atoms with E-state index in [4.69, 9.17) is 16.3 Å². The number of ether oxygens (including phenoxy) is 1. The molecule has 0 radical (unpaired) electrons. The van der Waals surface area contributed by atoms with Gasteiger partial charge in [-0.1, -0.05) is 41.9 Å². The van der Waals surface area contributed by atoms with Crippen molar-refractivity contribution in [3.05, 3.63) is 53.1 Å². The molecule has 7 nitrogen and oxygen atoms in total. The van der Waals surface area contributed by atoms with Crippen LogP contribution in [0.3, 0.4) is 0 Å². The molecule has 150 valence electrons. The molecule has 0 bridgehead atoms. The number of fused-ring (bicyclic) bond motifs is 1. The zero-order chi connectivity index (χ0) is 20.1. The van der Waals surface area contributed by atoms with Crippen LogP contribution in [0.15, 0.2) is 47.4 Å². The van der Waals surface area contributed by atoms with Crippen molar-refractivity contribution in [2.24, 2.45) is 0 Å². The highest BCUT2D eigenvalue weighted by Gasteiger charge is 2.24. The summed E-state index contributed by atoms with van der Waals surface area (Å²) in [5, 5.41) is 2.62. The maximum atomic E-state index is 12.6. The van der Waals surface area contributed by atoms with Gasteiger partial charge in [0, 0.05) is 19.2 Å². The predicted molar refractivity (Wildman–Crippen MR) is 108 cm³/mol. The number of sulfonamides is 1. The van der Waals surface area contributed by atoms with E-state index in [0.717, 1.165) is 13.1 Å². The fraction of sp³-hybridized carbons (Fsp3) is 0.316. The van der Waals surface area contributed by atoms with Crippen molar-refractivity contribution in [2.75, 3.05) is 32.1 Å². The number of carbonyl (C=O) groups is 1. The lowest BCUT2D eigenvalue weighted by Gasteiger charge is -2.20. The molecular formula is C19H22ClN3O4S. The SMILES string of the molecule is CN(CCCNS(=O)(=O)c1cc2c(cc1Cl)NC(=O)CO2)Cc1ccccc1. The second-order valence-corrected chi connectivity index (χ2v) is 8.73. The first kappa shape index (κ1) is 20.6. The minimum atomic E-state index is -3.79. The van der Waals surface area contributed by atoms with Gasteiger partial charge < -0.3 is 15.0 Å². The normalized spacial score (nSPS) is 13.8. The molecule has 0 saturated carbocycles. The van der Waals surface area contributed by atoms with Crippen molar-refractivity contribution >= 4 is 33.2 Å². The standard InChI is InChI=1S/C19H22ClN3O4S/c1-23(12-14-6-3-2-4-7-14)9-5-8-21-28(25,26)18-11-17-16(10-15(18)20)22-19(24)13-27-17/h2-4,6-7,10-11,21H,5,8-9,12-13H2,1H3,(H,22,24). The van der Waals surface area contributed by atoms with Crippen molar-refractivity contribution in [2.45, 2.75) is 17.9 Å². The largest absolute Gasteiger partial charge is 0.482 e. The van der Waals surface area contributed by atoms with E-state index in [1.165, 1.54) is 17.7 Å². The number of carbonyl (C=O) groups excluding carboxylic acids is 1. The van der Waals surface area contributed by atoms with E-state index in [9.17, 15) is 13.2 Å². The van der Waals surface area contributed by atoms with Crippen LogP contribution in [0.2, 0.25) is 5.02 Å². The molecule has 0 unspecified atom stereocenters. The minimum Gasteiger partial charge on any atom is -0.482 e. The summed E-state index contributed by atoms with van der Waals surface area (Å²) in [5.74, 6) is -0.0242. The van der Waals surface area contributed by atoms with Crippen LogP contribution in [0.5, 0.6) is 5.75 Å². The number of hydrogen-bond donors (Lipinski definition) is 2. The maximum Gasteiger partial charge on any atom is 0.262 e. The van der Waals surface area contributed by atoms with Gasteiger partial charge in [0.2, 0.25) is 10.0 Å². The monoisotopic (exact) mass is 423 g/mol. The van der Waals surface area contributed by atoms with Gasteiger partial charge >= 0.3 is 0 Å². The molecule has 1 heterocycles. The molecule has 0 aromatic heterocycles. The van der Waals surface area contributed by atoms with Crippen LogP contribution < -0.4 is 14.8 Å². The van der Waals surface area contributed by atoms with Gasteiger partial charge in [-0.3, -0.25) is 4.79 Å². The van der Waals surface area contributed by atoms with Gasteiger partial charge in [0.15, 0.2) is 6.61 Å². The maximum absolute atomic E-state index is 12.6. The Labute approximate surface area is 169 Å². The van der Waals surface area contributed by atoms with Crippen LogP contribution in [0.1, 0.15) is 12.0 Å². The molecule has 0 saturated heterocycles. The van der Waals surface area contributed by atoms with Crippen LogP contribution in [-0.2, 0) is 21.4 Å². The fourth-order valence-electron chi connectivity index (χ4n) is 2.89. The Morgan fingerprint density at radius 1 is 1.25 bits per heavy atom. The Bertz CT molecular complexity index is 951. The number of hydrogen-bond acceptors (Lipinski definition) is 5. The molecule has 0 aliphatic carbocycles. The van der Waals surface area contributed by atoms with Gasteiger partial charge in [-0.2, -0.15) is 0 Å². The van der Waals surface area contributed by atoms with E-state index >= 15 is 0 Å². The third-order valence-electron chi connectivity index (χ3n) is 4.26. The lowest BCUT2D eigenvalue weighted by molar-refractivity contribution is -0.118. The molecule has 3 rings (SSSR count). The quantitative estimate of drug-likeness (QED) is 0.637. The summed E-state index contributed by atoms with van der Waals surface area (Å²) in [6.07, 6.45) is 0.650. The van der Waals surface area contributed by atoms with Crippen LogP contribution >= 0.6 is 11.6 Å². The first-order chi connectivity index (χ1) is 13.3. The number of benzene rings is 2. The third kappa shape index (κ3) is 5.23. The zero-order valence-corrected chi connectivity index (χ0v) is 17.0. The highest BCUT2D eigenvalue weighted by Crippen LogP contribution is 2.35. The van der Waals surface area contributed by atoms with Crippen LogP contribution in [-0.4, -0.2) is 46.0 Å². The summed E-state index contributed by atoms with van der Waals surface area (Å²) in [7, 11) is -1.79. The molecule has 1 aliphatic rings. The average Bonchev–Trinajstić information content (AvgIpc) is 2.65. The lowest BCUT2D eigenvalue weighted by atomic mass is 10.2. The Balaban J connectivity index is 1.55. The van der Waals surface area contributed by atoms with E-state index in [0.29, 0.717) is 12.1 Å². The number of rotatable bonds is 8. The van der Waals surface area contributed by atoms with Gasteiger partial charge in [-0.05, 0) is 31.6 Å². The molecule has 2 N–H and O–H groups in total. The number of nitrogens with zero attached hydrogens (tertiary/aromatic N) is 1. The van der Waals surface area contributed by atoms with Gasteiger partial charge in [0.25, 0.3) is 5.91 Å². The van der Waals surface area contributed by atoms with Gasteiger partial charge in [-0.15, -0.1) is 0 Å². The molecule has 0 fully saturated rings. The van der Waals surface area contributed by atoms with Crippen molar-refractivity contribution in [3.8, 4) is 5.75 Å². The van der Waals surface area contributed by atoms with Gasteiger partial charge in [0.1, 0.15) is 10.6 Å². The second kappa shape index (κ2) is 8.91. The highest BCUT2D eigenvalue weighted by atomic mass is 35.5. The predicted octanol–water partition coefficient (Wildman–Crippen LogP) is 2.47. The summed E-state index contributed by atoms with van der Waals surface area (Å²) < 4.78 is 33.0. The number of amides is 1. The van der Waals surface area contributed by atoms with Gasteiger partial charge in [-0.25, -0.2) is 13.1 Å². The van der Waals surface area contributed by atoms with Crippen LogP contribution in [0.25, 0.3) is 0 Å². The Hall–Kier alpha value is -2.13. The van der Waals surface area contributed by atoms with Crippen molar-refractivity contribution in [1.29, 1.82) is 0 Å². The van der Waals surface area contributed by atoms with Crippen LogP contribution in [0.4, 0.5) is 5.69 Å². The molecule has 0 spiro atoms. The molecular weight excluding hydrogens is 402 g/mol. The third-order valence-corrected chi connectivity index (χ3v) is 6.19. The summed E-state index contributed by atoms with van der Waals surface area (Å²) in [6, 6.07) is 12.8. The van der Waals surface area contributed by atoms with E-state index in [2.05, 4.69) is 27.1 Å². The highest BCUT2D eigenvalue weighted by molar-refractivity contribution is 7.89. The lowest BCUT2D eigenvalue weighted by Crippen LogP contribution is -2.29. The molecule has 1 amide bonds. The summed E-state index contributed by atoms with van der Waals surface area (Å²) in [4.78, 5) is 13.4. The smallest absolute Gasteiger partial charge is 0.262 e. The van der Waals surface area contributed by atoms with E-state index < -0.39 is 10.0 Å². The molecule has 1 aliphatic heterocycles. The average molecular weight is 424 g/mol. The van der Waals surface area contributed by atoms with Crippen LogP contribution in [0, 0.1) is 0 Å². The first-order valence-electron chi connectivity index (χ1n) is 8.83. The zero-order valence-electron chi connectivity index (χ0n) is 15.4. The van der Waals surface area contributed by atoms with Gasteiger partial charge in [0.05, 0.1) is 10.7 Å². The molecule has 2 aromatic carbocycles.